The summed E-state index contributed by atoms with van der Waals surface area (Å²) < 4.78 is 0. The minimum absolute atomic E-state index is 0. The second-order valence-corrected chi connectivity index (χ2v) is 9.31. The van der Waals surface area contributed by atoms with E-state index >= 15 is 0 Å². The van der Waals surface area contributed by atoms with E-state index in [0.717, 1.165) is 22.3 Å². The first-order chi connectivity index (χ1) is 18.0. The molecule has 0 amide bonds. The van der Waals surface area contributed by atoms with Gasteiger partial charge in [-0.05, 0) is 59.4 Å². The second kappa shape index (κ2) is 13.7. The maximum atomic E-state index is 11.0. The molecule has 4 aromatic rings. The van der Waals surface area contributed by atoms with Crippen molar-refractivity contribution in [1.29, 1.82) is 0 Å². The fourth-order valence-corrected chi connectivity index (χ4v) is 4.29. The number of aryl methyl sites for hydroxylation is 2. The van der Waals surface area contributed by atoms with Crippen LogP contribution in [0.4, 0.5) is 0 Å². The number of carboxylic acids is 2. The van der Waals surface area contributed by atoms with Gasteiger partial charge in [-0.1, -0.05) is 86.6 Å². The van der Waals surface area contributed by atoms with Crippen molar-refractivity contribution in [2.24, 2.45) is 0 Å². The summed E-state index contributed by atoms with van der Waals surface area (Å²) >= 11 is 0. The van der Waals surface area contributed by atoms with Crippen LogP contribution in [0.15, 0.2) is 84.9 Å². The van der Waals surface area contributed by atoms with Gasteiger partial charge in [-0.3, -0.25) is 0 Å². The van der Waals surface area contributed by atoms with E-state index in [-0.39, 0.29) is 53.9 Å². The number of carbonyl (C=O) groups is 2. The van der Waals surface area contributed by atoms with Crippen molar-refractivity contribution in [2.75, 3.05) is 0 Å². The first kappa shape index (κ1) is 31.3. The fraction of sp³-hybridized carbons (Fsp3) is 0.188. The van der Waals surface area contributed by atoms with Crippen molar-refractivity contribution in [1.82, 2.24) is 0 Å². The molecule has 0 fully saturated rings. The molecule has 0 radical (unpaired) electrons. The molecule has 0 aliphatic rings. The Hall–Kier alpha value is -3.96. The Bertz CT molecular complexity index is 1320. The number of hydrogen-bond acceptors (Lipinski definition) is 6. The molecule has 0 saturated carbocycles. The fourth-order valence-electron chi connectivity index (χ4n) is 4.29. The Morgan fingerprint density at radius 3 is 1.18 bits per heavy atom. The molecule has 0 saturated heterocycles. The Balaban J connectivity index is 0.000000267. The van der Waals surface area contributed by atoms with Crippen LogP contribution in [0.5, 0.6) is 11.5 Å². The molecule has 2 atom stereocenters. The normalized spacial score (nSPS) is 11.8. The van der Waals surface area contributed by atoms with Crippen LogP contribution in [0.3, 0.4) is 0 Å². The van der Waals surface area contributed by atoms with E-state index in [0.29, 0.717) is 11.1 Å². The number of benzene rings is 4. The number of hydrogen-bond donors (Lipinski definition) is 2. The van der Waals surface area contributed by atoms with Crippen LogP contribution in [0, 0.1) is 13.8 Å². The van der Waals surface area contributed by atoms with Crippen molar-refractivity contribution >= 4 is 11.9 Å². The summed E-state index contributed by atoms with van der Waals surface area (Å²) in [4.78, 5) is 22.0. The molecule has 0 aliphatic carbocycles. The average molecular weight is 576 g/mol. The molecule has 196 valence electrons. The van der Waals surface area contributed by atoms with Crippen LogP contribution in [0.1, 0.15) is 79.8 Å². The summed E-state index contributed by atoms with van der Waals surface area (Å²) in [6.07, 6.45) is 0. The van der Waals surface area contributed by atoms with Gasteiger partial charge in [0.1, 0.15) is 11.5 Å². The summed E-state index contributed by atoms with van der Waals surface area (Å²) in [5.74, 6) is -3.05. The van der Waals surface area contributed by atoms with Gasteiger partial charge in [-0.2, -0.15) is 0 Å². The van der Waals surface area contributed by atoms with Crippen LogP contribution < -0.4 is 10.2 Å². The van der Waals surface area contributed by atoms with Gasteiger partial charge < -0.3 is 30.0 Å². The SMILES string of the molecule is Cc1cc(C(C)c2ccccc2)cc(C(=O)[O-])c1O.Cc1cc(C(C)c2ccccc2)cc(C(=O)[O-])c1O.[Zn+2]. The number of carbonyl (C=O) groups excluding carboxylic acids is 2. The van der Waals surface area contributed by atoms with Crippen molar-refractivity contribution in [2.45, 2.75) is 39.5 Å². The van der Waals surface area contributed by atoms with Crippen molar-refractivity contribution < 1.29 is 49.5 Å². The predicted octanol–water partition coefficient (Wildman–Crippen LogP) is 4.43. The maximum absolute atomic E-state index is 11.0. The quantitative estimate of drug-likeness (QED) is 0.328. The van der Waals surface area contributed by atoms with Crippen molar-refractivity contribution in [3.8, 4) is 11.5 Å². The van der Waals surface area contributed by atoms with Gasteiger partial charge >= 0.3 is 19.5 Å². The second-order valence-electron chi connectivity index (χ2n) is 9.31. The number of phenols is 2. The molecule has 6 nitrogen and oxygen atoms in total. The summed E-state index contributed by atoms with van der Waals surface area (Å²) in [5, 5.41) is 41.5. The van der Waals surface area contributed by atoms with Gasteiger partial charge in [0.15, 0.2) is 0 Å². The van der Waals surface area contributed by atoms with Crippen LogP contribution in [0.2, 0.25) is 0 Å². The molecule has 0 heterocycles. The van der Waals surface area contributed by atoms with Gasteiger partial charge in [0.05, 0.1) is 11.9 Å². The van der Waals surface area contributed by atoms with Crippen molar-refractivity contribution in [3.63, 3.8) is 0 Å². The number of rotatable bonds is 6. The summed E-state index contributed by atoms with van der Waals surface area (Å²) in [6.45, 7) is 7.37. The summed E-state index contributed by atoms with van der Waals surface area (Å²) in [7, 11) is 0. The molecule has 0 aliphatic heterocycles. The number of carboxylic acid groups (broad SMARTS) is 2. The van der Waals surface area contributed by atoms with Crippen molar-refractivity contribution in [3.05, 3.63) is 129 Å². The molecular weight excluding hydrogens is 546 g/mol. The van der Waals surface area contributed by atoms with E-state index in [1.54, 1.807) is 26.0 Å². The third-order valence-corrected chi connectivity index (χ3v) is 6.68. The van der Waals surface area contributed by atoms with E-state index in [9.17, 15) is 30.0 Å². The zero-order valence-electron chi connectivity index (χ0n) is 22.5. The van der Waals surface area contributed by atoms with Crippen LogP contribution >= 0.6 is 0 Å². The molecule has 7 heteroatoms. The number of aromatic carboxylic acids is 2. The third-order valence-electron chi connectivity index (χ3n) is 6.68. The first-order valence-electron chi connectivity index (χ1n) is 12.2. The molecule has 4 rings (SSSR count). The number of aromatic hydroxyl groups is 2. The molecule has 2 N–H and O–H groups in total. The zero-order valence-corrected chi connectivity index (χ0v) is 25.4. The minimum atomic E-state index is -1.36. The van der Waals surface area contributed by atoms with E-state index < -0.39 is 11.9 Å². The predicted molar refractivity (Wildman–Crippen MR) is 142 cm³/mol. The third kappa shape index (κ3) is 7.55. The Morgan fingerprint density at radius 1 is 0.590 bits per heavy atom. The van der Waals surface area contributed by atoms with Crippen LogP contribution in [-0.2, 0) is 19.5 Å². The monoisotopic (exact) mass is 574 g/mol. The minimum Gasteiger partial charge on any atom is -0.545 e. The molecule has 2 unspecified atom stereocenters. The van der Waals surface area contributed by atoms with Crippen LogP contribution in [-0.4, -0.2) is 22.2 Å². The van der Waals surface area contributed by atoms with E-state index in [4.69, 9.17) is 0 Å². The summed E-state index contributed by atoms with van der Waals surface area (Å²) in [5.41, 5.74) is 4.66. The smallest absolute Gasteiger partial charge is 0.545 e. The molecule has 0 spiro atoms. The average Bonchev–Trinajstić information content (AvgIpc) is 2.91. The zero-order chi connectivity index (χ0) is 28.0. The summed E-state index contributed by atoms with van der Waals surface area (Å²) in [6, 6.07) is 26.2. The Labute approximate surface area is 241 Å². The standard InChI is InChI=1S/2C16H16O3.Zn/c2*1-10-8-13(9-14(15(10)17)16(18)19)11(2)12-6-4-3-5-7-12;/h2*3-9,11,17H,1-2H3,(H,18,19);/q;;+2/p-2. The van der Waals surface area contributed by atoms with Crippen LogP contribution in [0.25, 0.3) is 0 Å². The van der Waals surface area contributed by atoms with Gasteiger partial charge in [0.2, 0.25) is 0 Å². The Kier molecular flexibility index (Phi) is 11.0. The topological polar surface area (TPSA) is 121 Å². The largest absolute Gasteiger partial charge is 2.00 e. The molecule has 0 aromatic heterocycles. The first-order valence-corrected chi connectivity index (χ1v) is 12.2. The molecular formula is C32H30O6Zn. The van der Waals surface area contributed by atoms with E-state index in [2.05, 4.69) is 0 Å². The molecule has 4 aromatic carbocycles. The molecule has 39 heavy (non-hydrogen) atoms. The van der Waals surface area contributed by atoms with E-state index in [1.165, 1.54) is 12.1 Å². The van der Waals surface area contributed by atoms with Gasteiger partial charge in [-0.15, -0.1) is 0 Å². The van der Waals surface area contributed by atoms with E-state index in [1.807, 2.05) is 74.5 Å². The van der Waals surface area contributed by atoms with Gasteiger partial charge in [-0.25, -0.2) is 0 Å². The van der Waals surface area contributed by atoms with Gasteiger partial charge in [0, 0.05) is 23.0 Å². The maximum Gasteiger partial charge on any atom is 2.00 e. The van der Waals surface area contributed by atoms with Gasteiger partial charge in [0.25, 0.3) is 0 Å². The Morgan fingerprint density at radius 2 is 0.897 bits per heavy atom. The molecule has 0 bridgehead atoms.